The zero-order valence-electron chi connectivity index (χ0n) is 8.88. The summed E-state index contributed by atoms with van der Waals surface area (Å²) >= 11 is 0. The van der Waals surface area contributed by atoms with Crippen LogP contribution in [0.15, 0.2) is 0 Å². The third-order valence-electron chi connectivity index (χ3n) is 2.47. The maximum Gasteiger partial charge on any atom is 0.0192 e. The van der Waals surface area contributed by atoms with Crippen molar-refractivity contribution < 1.29 is 0 Å². The summed E-state index contributed by atoms with van der Waals surface area (Å²) in [4.78, 5) is 0. The van der Waals surface area contributed by atoms with Gasteiger partial charge in [0.15, 0.2) is 0 Å². The summed E-state index contributed by atoms with van der Waals surface area (Å²) < 4.78 is 0. The first-order chi connectivity index (χ1) is 5.63. The first kappa shape index (κ1) is 10.0. The second-order valence-electron chi connectivity index (χ2n) is 4.23. The van der Waals surface area contributed by atoms with Crippen molar-refractivity contribution in [2.45, 2.75) is 52.6 Å². The fourth-order valence-corrected chi connectivity index (χ4v) is 2.18. The van der Waals surface area contributed by atoms with Gasteiger partial charge in [0, 0.05) is 25.2 Å². The molecule has 0 N–H and O–H groups in total. The van der Waals surface area contributed by atoms with E-state index in [2.05, 4.69) is 37.7 Å². The number of hydrogen-bond donors (Lipinski definition) is 0. The van der Waals surface area contributed by atoms with Crippen molar-refractivity contribution in [1.29, 1.82) is 0 Å². The van der Waals surface area contributed by atoms with E-state index in [9.17, 15) is 0 Å². The largest absolute Gasteiger partial charge is 0.241 e. The van der Waals surface area contributed by atoms with Crippen LogP contribution in [0.2, 0.25) is 0 Å². The quantitative estimate of drug-likeness (QED) is 0.640. The van der Waals surface area contributed by atoms with Crippen LogP contribution < -0.4 is 0 Å². The molecular formula is C10H22N2. The van der Waals surface area contributed by atoms with Gasteiger partial charge >= 0.3 is 0 Å². The summed E-state index contributed by atoms with van der Waals surface area (Å²) in [5, 5.41) is 5.02. The van der Waals surface area contributed by atoms with Crippen molar-refractivity contribution in [3.63, 3.8) is 0 Å². The van der Waals surface area contributed by atoms with Gasteiger partial charge in [-0.15, -0.1) is 0 Å². The SMILES string of the molecule is CC(C)N(C(C)C)N1CCCC1. The topological polar surface area (TPSA) is 6.48 Å². The van der Waals surface area contributed by atoms with E-state index in [4.69, 9.17) is 0 Å². The molecule has 1 aliphatic rings. The molecule has 0 amide bonds. The molecule has 2 heteroatoms. The minimum Gasteiger partial charge on any atom is -0.241 e. The first-order valence-corrected chi connectivity index (χ1v) is 5.16. The Bertz CT molecular complexity index is 118. The van der Waals surface area contributed by atoms with Crippen LogP contribution in [0.4, 0.5) is 0 Å². The molecule has 0 aromatic carbocycles. The first-order valence-electron chi connectivity index (χ1n) is 5.16. The molecule has 1 rings (SSSR count). The molecule has 0 spiro atoms. The molecule has 0 aromatic heterocycles. The van der Waals surface area contributed by atoms with Crippen molar-refractivity contribution >= 4 is 0 Å². The Kier molecular flexibility index (Phi) is 3.53. The Morgan fingerprint density at radius 3 is 1.67 bits per heavy atom. The second-order valence-corrected chi connectivity index (χ2v) is 4.23. The molecule has 0 unspecified atom stereocenters. The normalized spacial score (nSPS) is 20.2. The molecule has 1 heterocycles. The lowest BCUT2D eigenvalue weighted by atomic mass is 10.3. The lowest BCUT2D eigenvalue weighted by Crippen LogP contribution is -2.49. The Hall–Kier alpha value is -0.0800. The van der Waals surface area contributed by atoms with E-state index >= 15 is 0 Å². The average Bonchev–Trinajstić information content (AvgIpc) is 2.37. The van der Waals surface area contributed by atoms with Crippen molar-refractivity contribution in [1.82, 2.24) is 10.0 Å². The molecule has 0 aromatic rings. The lowest BCUT2D eigenvalue weighted by Gasteiger charge is -2.38. The van der Waals surface area contributed by atoms with Gasteiger partial charge in [-0.25, -0.2) is 10.0 Å². The molecule has 0 bridgehead atoms. The van der Waals surface area contributed by atoms with Crippen molar-refractivity contribution in [3.8, 4) is 0 Å². The van der Waals surface area contributed by atoms with Gasteiger partial charge in [0.25, 0.3) is 0 Å². The maximum atomic E-state index is 2.51. The van der Waals surface area contributed by atoms with E-state index in [1.165, 1.54) is 25.9 Å². The monoisotopic (exact) mass is 170 g/mol. The zero-order valence-corrected chi connectivity index (χ0v) is 8.88. The molecule has 1 saturated heterocycles. The fourth-order valence-electron chi connectivity index (χ4n) is 2.18. The molecule has 12 heavy (non-hydrogen) atoms. The number of rotatable bonds is 3. The van der Waals surface area contributed by atoms with E-state index in [1.807, 2.05) is 0 Å². The predicted molar refractivity (Wildman–Crippen MR) is 52.9 cm³/mol. The van der Waals surface area contributed by atoms with Gasteiger partial charge in [-0.1, -0.05) is 0 Å². The van der Waals surface area contributed by atoms with Gasteiger partial charge in [-0.05, 0) is 40.5 Å². The Labute approximate surface area is 76.5 Å². The third kappa shape index (κ3) is 2.20. The highest BCUT2D eigenvalue weighted by Gasteiger charge is 2.23. The van der Waals surface area contributed by atoms with Crippen molar-refractivity contribution in [2.24, 2.45) is 0 Å². The summed E-state index contributed by atoms with van der Waals surface area (Å²) in [7, 11) is 0. The summed E-state index contributed by atoms with van der Waals surface area (Å²) in [6.07, 6.45) is 2.74. The lowest BCUT2D eigenvalue weighted by molar-refractivity contribution is -0.0577. The van der Waals surface area contributed by atoms with E-state index < -0.39 is 0 Å². The van der Waals surface area contributed by atoms with Crippen LogP contribution in [0.1, 0.15) is 40.5 Å². The van der Waals surface area contributed by atoms with Crippen LogP contribution in [0, 0.1) is 0 Å². The highest BCUT2D eigenvalue weighted by molar-refractivity contribution is 4.70. The molecule has 2 nitrogen and oxygen atoms in total. The van der Waals surface area contributed by atoms with E-state index in [-0.39, 0.29) is 0 Å². The minimum atomic E-state index is 0.642. The van der Waals surface area contributed by atoms with Crippen LogP contribution in [0.25, 0.3) is 0 Å². The average molecular weight is 170 g/mol. The van der Waals surface area contributed by atoms with Crippen LogP contribution in [-0.2, 0) is 0 Å². The van der Waals surface area contributed by atoms with Gasteiger partial charge in [0.1, 0.15) is 0 Å². The Balaban J connectivity index is 2.52. The van der Waals surface area contributed by atoms with E-state index in [1.54, 1.807) is 0 Å². The summed E-state index contributed by atoms with van der Waals surface area (Å²) in [5.41, 5.74) is 0. The molecule has 1 aliphatic heterocycles. The van der Waals surface area contributed by atoms with Crippen LogP contribution in [0.3, 0.4) is 0 Å². The van der Waals surface area contributed by atoms with Gasteiger partial charge < -0.3 is 0 Å². The number of nitrogens with zero attached hydrogens (tertiary/aromatic N) is 2. The van der Waals surface area contributed by atoms with Crippen molar-refractivity contribution in [2.75, 3.05) is 13.1 Å². The zero-order chi connectivity index (χ0) is 9.14. The third-order valence-corrected chi connectivity index (χ3v) is 2.47. The highest BCUT2D eigenvalue weighted by atomic mass is 15.6. The Morgan fingerprint density at radius 1 is 0.917 bits per heavy atom. The van der Waals surface area contributed by atoms with Gasteiger partial charge in [-0.2, -0.15) is 0 Å². The predicted octanol–water partition coefficient (Wildman–Crippen LogP) is 2.12. The second kappa shape index (κ2) is 4.24. The van der Waals surface area contributed by atoms with Crippen LogP contribution >= 0.6 is 0 Å². The fraction of sp³-hybridized carbons (Fsp3) is 1.00. The summed E-state index contributed by atoms with van der Waals surface area (Å²) in [6.45, 7) is 11.6. The summed E-state index contributed by atoms with van der Waals surface area (Å²) in [6, 6.07) is 1.28. The molecule has 0 aliphatic carbocycles. The van der Waals surface area contributed by atoms with Crippen LogP contribution in [0.5, 0.6) is 0 Å². The molecule has 0 saturated carbocycles. The molecule has 0 atom stereocenters. The standard InChI is InChI=1S/C10H22N2/c1-9(2)12(10(3)4)11-7-5-6-8-11/h9-10H,5-8H2,1-4H3. The molecule has 72 valence electrons. The van der Waals surface area contributed by atoms with Gasteiger partial charge in [-0.3, -0.25) is 0 Å². The van der Waals surface area contributed by atoms with Crippen LogP contribution in [-0.4, -0.2) is 35.2 Å². The number of hydrogen-bond acceptors (Lipinski definition) is 2. The smallest absolute Gasteiger partial charge is 0.0192 e. The maximum absolute atomic E-state index is 2.51. The van der Waals surface area contributed by atoms with Crippen molar-refractivity contribution in [3.05, 3.63) is 0 Å². The Morgan fingerprint density at radius 2 is 1.33 bits per heavy atom. The van der Waals surface area contributed by atoms with E-state index in [0.717, 1.165) is 0 Å². The molecular weight excluding hydrogens is 148 g/mol. The summed E-state index contributed by atoms with van der Waals surface area (Å²) in [5.74, 6) is 0. The molecule has 0 radical (unpaired) electrons. The molecule has 1 fully saturated rings. The van der Waals surface area contributed by atoms with Gasteiger partial charge in [0.2, 0.25) is 0 Å². The van der Waals surface area contributed by atoms with E-state index in [0.29, 0.717) is 12.1 Å². The number of hydrazine groups is 1. The minimum absolute atomic E-state index is 0.642. The highest BCUT2D eigenvalue weighted by Crippen LogP contribution is 2.16. The van der Waals surface area contributed by atoms with Gasteiger partial charge in [0.05, 0.1) is 0 Å².